The highest BCUT2D eigenvalue weighted by molar-refractivity contribution is 8.18. The second-order valence-electron chi connectivity index (χ2n) is 6.51. The Morgan fingerprint density at radius 1 is 1.00 bits per heavy atom. The van der Waals surface area contributed by atoms with Gasteiger partial charge in [-0.25, -0.2) is 9.18 Å². The summed E-state index contributed by atoms with van der Waals surface area (Å²) in [5, 5.41) is -0.437. The fourth-order valence-corrected chi connectivity index (χ4v) is 4.04. The van der Waals surface area contributed by atoms with Crippen molar-refractivity contribution in [3.63, 3.8) is 0 Å². The number of benzene rings is 2. The maximum atomic E-state index is 13.9. The van der Waals surface area contributed by atoms with Crippen molar-refractivity contribution in [3.8, 4) is 0 Å². The topological polar surface area (TPSA) is 64.3 Å². The standard InChI is InChI=1S/C20H16FN3O3S/c1-22-15-8-7-12(9-16(15)23(2)19(22)26)10-17-18(25)24(20(27)28-17)11-13-5-3-4-6-14(13)21/h3-10H,11H2,1-2H3. The molecule has 2 aromatic carbocycles. The van der Waals surface area contributed by atoms with Gasteiger partial charge in [0.1, 0.15) is 5.82 Å². The van der Waals surface area contributed by atoms with E-state index >= 15 is 0 Å². The lowest BCUT2D eigenvalue weighted by atomic mass is 10.1. The van der Waals surface area contributed by atoms with Crippen LogP contribution in [0.3, 0.4) is 0 Å². The Labute approximate surface area is 163 Å². The van der Waals surface area contributed by atoms with Crippen LogP contribution in [0.4, 0.5) is 9.18 Å². The maximum absolute atomic E-state index is 13.9. The monoisotopic (exact) mass is 397 g/mol. The lowest BCUT2D eigenvalue weighted by molar-refractivity contribution is -0.123. The summed E-state index contributed by atoms with van der Waals surface area (Å²) in [6.07, 6.45) is 1.61. The molecule has 3 aromatic rings. The molecule has 4 rings (SSSR count). The van der Waals surface area contributed by atoms with Crippen molar-refractivity contribution in [3.05, 3.63) is 74.8 Å². The SMILES string of the molecule is Cn1c(=O)n(C)c2cc(C=C3SC(=O)N(Cc4ccccc4F)C3=O)ccc21. The molecule has 2 amide bonds. The van der Waals surface area contributed by atoms with Crippen LogP contribution in [-0.4, -0.2) is 25.2 Å². The summed E-state index contributed by atoms with van der Waals surface area (Å²) in [6, 6.07) is 11.4. The van der Waals surface area contributed by atoms with Gasteiger partial charge in [0.15, 0.2) is 0 Å². The highest BCUT2D eigenvalue weighted by Gasteiger charge is 2.35. The quantitative estimate of drug-likeness (QED) is 0.637. The third-order valence-corrected chi connectivity index (χ3v) is 5.66. The number of hydrogen-bond acceptors (Lipinski definition) is 4. The van der Waals surface area contributed by atoms with Gasteiger partial charge in [-0.15, -0.1) is 0 Å². The third kappa shape index (κ3) is 2.95. The molecule has 0 spiro atoms. The van der Waals surface area contributed by atoms with Crippen molar-refractivity contribution in [1.29, 1.82) is 0 Å². The van der Waals surface area contributed by atoms with E-state index in [9.17, 15) is 18.8 Å². The average molecular weight is 397 g/mol. The van der Waals surface area contributed by atoms with Gasteiger partial charge in [-0.3, -0.25) is 23.6 Å². The summed E-state index contributed by atoms with van der Waals surface area (Å²) in [6.45, 7) is -0.110. The van der Waals surface area contributed by atoms with Gasteiger partial charge in [0.25, 0.3) is 11.1 Å². The molecule has 1 fully saturated rings. The number of nitrogens with zero attached hydrogens (tertiary/aromatic N) is 3. The van der Waals surface area contributed by atoms with Gasteiger partial charge < -0.3 is 0 Å². The molecule has 0 unspecified atom stereocenters. The van der Waals surface area contributed by atoms with Crippen molar-refractivity contribution in [2.24, 2.45) is 14.1 Å². The van der Waals surface area contributed by atoms with E-state index in [1.54, 1.807) is 61.1 Å². The molecule has 0 atom stereocenters. The maximum Gasteiger partial charge on any atom is 0.328 e. The number of imidazole rings is 1. The number of amides is 2. The molecular weight excluding hydrogens is 381 g/mol. The van der Waals surface area contributed by atoms with Gasteiger partial charge in [0.05, 0.1) is 22.5 Å². The van der Waals surface area contributed by atoms with E-state index in [0.717, 1.165) is 27.7 Å². The highest BCUT2D eigenvalue weighted by atomic mass is 32.2. The van der Waals surface area contributed by atoms with Gasteiger partial charge in [-0.2, -0.15) is 0 Å². The molecule has 1 aliphatic rings. The van der Waals surface area contributed by atoms with E-state index in [4.69, 9.17) is 0 Å². The van der Waals surface area contributed by atoms with Crippen LogP contribution < -0.4 is 5.69 Å². The van der Waals surface area contributed by atoms with Gasteiger partial charge in [-0.1, -0.05) is 24.3 Å². The molecule has 0 radical (unpaired) electrons. The summed E-state index contributed by atoms with van der Waals surface area (Å²) in [5.74, 6) is -0.915. The third-order valence-electron chi connectivity index (χ3n) is 4.75. The van der Waals surface area contributed by atoms with E-state index in [1.165, 1.54) is 10.6 Å². The number of carbonyl (C=O) groups excluding carboxylic acids is 2. The molecule has 1 aromatic heterocycles. The smallest absolute Gasteiger partial charge is 0.295 e. The van der Waals surface area contributed by atoms with E-state index < -0.39 is 17.0 Å². The Morgan fingerprint density at radius 3 is 2.46 bits per heavy atom. The normalized spacial score (nSPS) is 16.0. The van der Waals surface area contributed by atoms with Crippen LogP contribution in [-0.2, 0) is 25.4 Å². The first-order valence-corrected chi connectivity index (χ1v) is 9.32. The van der Waals surface area contributed by atoms with Crippen molar-refractivity contribution >= 4 is 40.0 Å². The molecular formula is C20H16FN3O3S. The van der Waals surface area contributed by atoms with Crippen LogP contribution in [0.15, 0.2) is 52.2 Å². The number of aryl methyl sites for hydroxylation is 2. The lowest BCUT2D eigenvalue weighted by Gasteiger charge is -2.12. The fraction of sp³-hybridized carbons (Fsp3) is 0.150. The minimum Gasteiger partial charge on any atom is -0.295 e. The Bertz CT molecular complexity index is 1230. The van der Waals surface area contributed by atoms with E-state index in [-0.39, 0.29) is 22.7 Å². The first kappa shape index (κ1) is 18.2. The van der Waals surface area contributed by atoms with Gasteiger partial charge in [0, 0.05) is 19.7 Å². The second kappa shape index (κ2) is 6.79. The molecule has 1 saturated heterocycles. The van der Waals surface area contributed by atoms with Gasteiger partial charge in [-0.05, 0) is 41.6 Å². The van der Waals surface area contributed by atoms with Crippen molar-refractivity contribution in [2.75, 3.05) is 0 Å². The fourth-order valence-electron chi connectivity index (χ4n) is 3.20. The Kier molecular flexibility index (Phi) is 4.43. The van der Waals surface area contributed by atoms with Gasteiger partial charge >= 0.3 is 5.69 Å². The molecule has 0 saturated carbocycles. The largest absolute Gasteiger partial charge is 0.328 e. The van der Waals surface area contributed by atoms with Crippen molar-refractivity contribution in [1.82, 2.24) is 14.0 Å². The molecule has 2 heterocycles. The number of hydrogen-bond donors (Lipinski definition) is 0. The zero-order valence-corrected chi connectivity index (χ0v) is 16.0. The average Bonchev–Trinajstić information content (AvgIpc) is 3.06. The van der Waals surface area contributed by atoms with Gasteiger partial charge in [0.2, 0.25) is 0 Å². The minimum absolute atomic E-state index is 0.110. The molecule has 28 heavy (non-hydrogen) atoms. The minimum atomic E-state index is -0.458. The molecule has 0 bridgehead atoms. The molecule has 1 aliphatic heterocycles. The highest BCUT2D eigenvalue weighted by Crippen LogP contribution is 2.33. The van der Waals surface area contributed by atoms with E-state index in [0.29, 0.717) is 5.56 Å². The van der Waals surface area contributed by atoms with Crippen molar-refractivity contribution in [2.45, 2.75) is 6.54 Å². The predicted octanol–water partition coefficient (Wildman–Crippen LogP) is 3.25. The lowest BCUT2D eigenvalue weighted by Crippen LogP contribution is -2.27. The number of halogens is 1. The van der Waals surface area contributed by atoms with E-state index in [2.05, 4.69) is 0 Å². The summed E-state index contributed by atoms with van der Waals surface area (Å²) in [7, 11) is 3.37. The molecule has 0 N–H and O–H groups in total. The first-order chi connectivity index (χ1) is 13.4. The molecule has 0 aliphatic carbocycles. The Hall–Kier alpha value is -3.13. The van der Waals surface area contributed by atoms with Crippen molar-refractivity contribution < 1.29 is 14.0 Å². The molecule has 6 nitrogen and oxygen atoms in total. The van der Waals surface area contributed by atoms with Crippen LogP contribution >= 0.6 is 11.8 Å². The number of carbonyl (C=O) groups is 2. The molecule has 142 valence electrons. The number of rotatable bonds is 3. The zero-order valence-electron chi connectivity index (χ0n) is 15.2. The first-order valence-electron chi connectivity index (χ1n) is 8.51. The Morgan fingerprint density at radius 2 is 1.71 bits per heavy atom. The second-order valence-corrected chi connectivity index (χ2v) is 7.50. The zero-order chi connectivity index (χ0) is 20.0. The van der Waals surface area contributed by atoms with Crippen LogP contribution in [0.2, 0.25) is 0 Å². The summed E-state index contributed by atoms with van der Waals surface area (Å²) in [5.41, 5.74) is 2.35. The number of thioether (sulfide) groups is 1. The molecule has 8 heteroatoms. The van der Waals surface area contributed by atoms with Crippen LogP contribution in [0, 0.1) is 5.82 Å². The number of imide groups is 1. The number of fused-ring (bicyclic) bond motifs is 1. The van der Waals surface area contributed by atoms with Crippen LogP contribution in [0.5, 0.6) is 0 Å². The summed E-state index contributed by atoms with van der Waals surface area (Å²) >= 11 is 0.822. The van der Waals surface area contributed by atoms with Crippen LogP contribution in [0.1, 0.15) is 11.1 Å². The summed E-state index contributed by atoms with van der Waals surface area (Å²) < 4.78 is 16.9. The summed E-state index contributed by atoms with van der Waals surface area (Å²) in [4.78, 5) is 38.3. The Balaban J connectivity index is 1.66. The van der Waals surface area contributed by atoms with Crippen LogP contribution in [0.25, 0.3) is 17.1 Å². The predicted molar refractivity (Wildman–Crippen MR) is 106 cm³/mol. The number of aromatic nitrogens is 2. The van der Waals surface area contributed by atoms with E-state index in [1.807, 2.05) is 0 Å².